The molecule has 18 heavy (non-hydrogen) atoms. The molecule has 0 spiro atoms. The molecule has 1 aliphatic heterocycles. The summed E-state index contributed by atoms with van der Waals surface area (Å²) in [4.78, 5) is 0. The molecule has 1 aliphatic rings. The average molecular weight is 308 g/mol. The molecular formula is C13H14BrN3O. The summed E-state index contributed by atoms with van der Waals surface area (Å²) in [5.74, 6) is 2.38. The monoisotopic (exact) mass is 307 g/mol. The van der Waals surface area contributed by atoms with Crippen molar-refractivity contribution in [2.45, 2.75) is 12.5 Å². The summed E-state index contributed by atoms with van der Waals surface area (Å²) in [6, 6.07) is 8.23. The lowest BCUT2D eigenvalue weighted by molar-refractivity contribution is 0.413. The number of anilines is 1. The number of rotatable bonds is 2. The van der Waals surface area contributed by atoms with Crippen molar-refractivity contribution < 1.29 is 4.74 Å². The van der Waals surface area contributed by atoms with Gasteiger partial charge < -0.3 is 10.1 Å². The number of nitrogens with one attached hydrogen (secondary N) is 1. The van der Waals surface area contributed by atoms with Gasteiger partial charge in [0.05, 0.1) is 24.3 Å². The Morgan fingerprint density at radius 2 is 2.39 bits per heavy atom. The van der Waals surface area contributed by atoms with Gasteiger partial charge in [0.2, 0.25) is 0 Å². The van der Waals surface area contributed by atoms with E-state index in [1.165, 1.54) is 5.56 Å². The van der Waals surface area contributed by atoms with Crippen LogP contribution in [0.3, 0.4) is 0 Å². The van der Waals surface area contributed by atoms with E-state index < -0.39 is 0 Å². The van der Waals surface area contributed by atoms with Crippen LogP contribution in [0.1, 0.15) is 11.5 Å². The van der Waals surface area contributed by atoms with E-state index >= 15 is 0 Å². The van der Waals surface area contributed by atoms with Crippen LogP contribution >= 0.6 is 15.9 Å². The van der Waals surface area contributed by atoms with E-state index in [2.05, 4.69) is 38.5 Å². The zero-order valence-electron chi connectivity index (χ0n) is 10.1. The standard InChI is InChI=1S/C13H14BrN3O/c1-18-11-4-2-3-9(5-11)10-6-15-13-12(14)7-16-17(13)8-10/h2-5,7,10,15H,6,8H2,1H3. The lowest BCUT2D eigenvalue weighted by Gasteiger charge is -2.25. The number of hydrogen-bond donors (Lipinski definition) is 1. The molecule has 2 heterocycles. The van der Waals surface area contributed by atoms with Gasteiger partial charge in [0.15, 0.2) is 0 Å². The molecule has 0 radical (unpaired) electrons. The zero-order valence-corrected chi connectivity index (χ0v) is 11.6. The van der Waals surface area contributed by atoms with Crippen molar-refractivity contribution >= 4 is 21.7 Å². The summed E-state index contributed by atoms with van der Waals surface area (Å²) in [6.45, 7) is 1.80. The van der Waals surface area contributed by atoms with Crippen molar-refractivity contribution in [2.75, 3.05) is 19.0 Å². The van der Waals surface area contributed by atoms with Gasteiger partial charge in [0.1, 0.15) is 11.6 Å². The second-order valence-corrected chi connectivity index (χ2v) is 5.23. The largest absolute Gasteiger partial charge is 0.497 e. The number of nitrogens with zero attached hydrogens (tertiary/aromatic N) is 2. The van der Waals surface area contributed by atoms with Gasteiger partial charge in [-0.25, -0.2) is 4.68 Å². The van der Waals surface area contributed by atoms with Gasteiger partial charge >= 0.3 is 0 Å². The first-order valence-electron chi connectivity index (χ1n) is 5.87. The van der Waals surface area contributed by atoms with E-state index in [1.807, 2.05) is 23.0 Å². The molecule has 1 unspecified atom stereocenters. The number of fused-ring (bicyclic) bond motifs is 1. The SMILES string of the molecule is COc1cccc(C2CNc3c(Br)cnn3C2)c1. The molecule has 1 aromatic carbocycles. The predicted molar refractivity (Wildman–Crippen MR) is 74.2 cm³/mol. The van der Waals surface area contributed by atoms with Crippen LogP contribution in [-0.2, 0) is 6.54 Å². The van der Waals surface area contributed by atoms with Gasteiger partial charge in [-0.2, -0.15) is 5.10 Å². The quantitative estimate of drug-likeness (QED) is 0.927. The fourth-order valence-electron chi connectivity index (χ4n) is 2.29. The first kappa shape index (κ1) is 11.6. The maximum Gasteiger partial charge on any atom is 0.138 e. The maximum atomic E-state index is 5.27. The number of methoxy groups -OCH3 is 1. The minimum absolute atomic E-state index is 0.416. The van der Waals surface area contributed by atoms with Crippen LogP contribution in [0.4, 0.5) is 5.82 Å². The van der Waals surface area contributed by atoms with Crippen LogP contribution in [0.15, 0.2) is 34.9 Å². The summed E-state index contributed by atoms with van der Waals surface area (Å²) >= 11 is 3.49. The molecule has 4 nitrogen and oxygen atoms in total. The molecule has 0 fully saturated rings. The fraction of sp³-hybridized carbons (Fsp3) is 0.308. The highest BCUT2D eigenvalue weighted by atomic mass is 79.9. The minimum atomic E-state index is 0.416. The summed E-state index contributed by atoms with van der Waals surface area (Å²) < 4.78 is 8.29. The second kappa shape index (κ2) is 4.65. The normalized spacial score (nSPS) is 18.0. The molecule has 0 saturated heterocycles. The third-order valence-corrected chi connectivity index (χ3v) is 3.85. The minimum Gasteiger partial charge on any atom is -0.497 e. The highest BCUT2D eigenvalue weighted by Crippen LogP contribution is 2.31. The summed E-state index contributed by atoms with van der Waals surface area (Å²) in [6.07, 6.45) is 1.83. The van der Waals surface area contributed by atoms with Crippen LogP contribution in [0.2, 0.25) is 0 Å². The molecular weight excluding hydrogens is 294 g/mol. The summed E-state index contributed by atoms with van der Waals surface area (Å²) in [5, 5.41) is 7.76. The van der Waals surface area contributed by atoms with Crippen LogP contribution in [0.25, 0.3) is 0 Å². The third kappa shape index (κ3) is 1.99. The highest BCUT2D eigenvalue weighted by Gasteiger charge is 2.22. The van der Waals surface area contributed by atoms with Crippen molar-refractivity contribution in [3.05, 3.63) is 40.5 Å². The Hall–Kier alpha value is -1.49. The fourth-order valence-corrected chi connectivity index (χ4v) is 2.73. The Balaban J connectivity index is 1.87. The molecule has 1 N–H and O–H groups in total. The Morgan fingerprint density at radius 3 is 3.22 bits per heavy atom. The Bertz CT molecular complexity index is 567. The third-order valence-electron chi connectivity index (χ3n) is 3.27. The lowest BCUT2D eigenvalue weighted by atomic mass is 9.97. The van der Waals surface area contributed by atoms with Crippen molar-refractivity contribution in [2.24, 2.45) is 0 Å². The average Bonchev–Trinajstić information content (AvgIpc) is 2.80. The first-order chi connectivity index (χ1) is 8.78. The van der Waals surface area contributed by atoms with Crippen molar-refractivity contribution in [1.82, 2.24) is 9.78 Å². The van der Waals surface area contributed by atoms with E-state index in [0.717, 1.165) is 29.1 Å². The second-order valence-electron chi connectivity index (χ2n) is 4.38. The van der Waals surface area contributed by atoms with Gasteiger partial charge in [0, 0.05) is 12.5 Å². The molecule has 0 saturated carbocycles. The topological polar surface area (TPSA) is 39.1 Å². The van der Waals surface area contributed by atoms with E-state index in [0.29, 0.717) is 5.92 Å². The van der Waals surface area contributed by atoms with Crippen LogP contribution in [-0.4, -0.2) is 23.4 Å². The van der Waals surface area contributed by atoms with E-state index in [9.17, 15) is 0 Å². The number of ether oxygens (including phenoxy) is 1. The Kier molecular flexibility index (Phi) is 2.99. The molecule has 1 atom stereocenters. The Morgan fingerprint density at radius 1 is 1.50 bits per heavy atom. The van der Waals surface area contributed by atoms with Gasteiger partial charge in [-0.3, -0.25) is 0 Å². The summed E-state index contributed by atoms with van der Waals surface area (Å²) in [5.41, 5.74) is 1.28. The predicted octanol–water partition coefficient (Wildman–Crippen LogP) is 2.86. The van der Waals surface area contributed by atoms with Crippen LogP contribution in [0.5, 0.6) is 5.75 Å². The number of halogens is 1. The molecule has 0 amide bonds. The first-order valence-corrected chi connectivity index (χ1v) is 6.66. The van der Waals surface area contributed by atoms with Crippen molar-refractivity contribution in [3.63, 3.8) is 0 Å². The molecule has 3 rings (SSSR count). The van der Waals surface area contributed by atoms with Gasteiger partial charge in [-0.1, -0.05) is 12.1 Å². The number of benzene rings is 1. The summed E-state index contributed by atoms with van der Waals surface area (Å²) in [7, 11) is 1.70. The molecule has 94 valence electrons. The zero-order chi connectivity index (χ0) is 12.5. The van der Waals surface area contributed by atoms with E-state index in [-0.39, 0.29) is 0 Å². The molecule has 0 bridgehead atoms. The van der Waals surface area contributed by atoms with E-state index in [1.54, 1.807) is 7.11 Å². The van der Waals surface area contributed by atoms with Crippen molar-refractivity contribution in [3.8, 4) is 5.75 Å². The highest BCUT2D eigenvalue weighted by molar-refractivity contribution is 9.10. The van der Waals surface area contributed by atoms with E-state index in [4.69, 9.17) is 4.74 Å². The van der Waals surface area contributed by atoms with Gasteiger partial charge in [-0.15, -0.1) is 0 Å². The Labute approximate surface area is 114 Å². The van der Waals surface area contributed by atoms with Gasteiger partial charge in [0.25, 0.3) is 0 Å². The molecule has 5 heteroatoms. The molecule has 2 aromatic rings. The van der Waals surface area contributed by atoms with Gasteiger partial charge in [-0.05, 0) is 33.6 Å². The van der Waals surface area contributed by atoms with Crippen molar-refractivity contribution in [1.29, 1.82) is 0 Å². The number of aromatic nitrogens is 2. The van der Waals surface area contributed by atoms with Crippen LogP contribution in [0, 0.1) is 0 Å². The smallest absolute Gasteiger partial charge is 0.138 e. The van der Waals surface area contributed by atoms with Crippen LogP contribution < -0.4 is 10.1 Å². The number of hydrogen-bond acceptors (Lipinski definition) is 3. The molecule has 1 aromatic heterocycles. The lowest BCUT2D eigenvalue weighted by Crippen LogP contribution is -2.26. The molecule has 0 aliphatic carbocycles. The maximum absolute atomic E-state index is 5.27.